The topological polar surface area (TPSA) is 38.7 Å². The number of ether oxygens (including phenoxy) is 2. The van der Waals surface area contributed by atoms with Gasteiger partial charge in [0.2, 0.25) is 0 Å². The Morgan fingerprint density at radius 2 is 1.95 bits per heavy atom. The Hall–Kier alpha value is -1.04. The molecule has 0 amide bonds. The maximum Gasteiger partial charge on any atom is 0.126 e. The molecule has 3 atom stereocenters. The van der Waals surface area contributed by atoms with Gasteiger partial charge in [0.1, 0.15) is 11.6 Å². The number of aliphatic hydroxyl groups excluding tert-OH is 1. The first-order valence-corrected chi connectivity index (χ1v) is 6.94. The van der Waals surface area contributed by atoms with Crippen LogP contribution >= 0.6 is 0 Å². The summed E-state index contributed by atoms with van der Waals surface area (Å²) in [5.41, 5.74) is -0.0288. The Kier molecular flexibility index (Phi) is 3.75. The zero-order valence-electron chi connectivity index (χ0n) is 11.1. The molecule has 0 saturated carbocycles. The molecule has 1 aromatic rings. The van der Waals surface area contributed by atoms with Crippen molar-refractivity contribution in [1.29, 1.82) is 0 Å². The zero-order chi connectivity index (χ0) is 14.2. The SMILES string of the molecule is OC(c1cc(F)cc(F)c1)C1CCOC2(CCOC2)C1. The van der Waals surface area contributed by atoms with Gasteiger partial charge in [-0.25, -0.2) is 8.78 Å². The molecule has 0 radical (unpaired) electrons. The Balaban J connectivity index is 1.77. The molecule has 1 aromatic carbocycles. The van der Waals surface area contributed by atoms with Crippen molar-refractivity contribution in [2.24, 2.45) is 5.92 Å². The lowest BCUT2D eigenvalue weighted by atomic mass is 9.80. The van der Waals surface area contributed by atoms with Crippen LogP contribution in [0.2, 0.25) is 0 Å². The zero-order valence-corrected chi connectivity index (χ0v) is 11.1. The maximum absolute atomic E-state index is 13.3. The highest BCUT2D eigenvalue weighted by Crippen LogP contribution is 2.41. The van der Waals surface area contributed by atoms with Crippen molar-refractivity contribution in [3.05, 3.63) is 35.4 Å². The van der Waals surface area contributed by atoms with Gasteiger partial charge in [-0.2, -0.15) is 0 Å². The van der Waals surface area contributed by atoms with Crippen molar-refractivity contribution in [3.63, 3.8) is 0 Å². The minimum Gasteiger partial charge on any atom is -0.388 e. The van der Waals surface area contributed by atoms with Crippen LogP contribution < -0.4 is 0 Å². The summed E-state index contributed by atoms with van der Waals surface area (Å²) in [6.07, 6.45) is 1.28. The molecule has 3 unspecified atom stereocenters. The number of hydrogen-bond acceptors (Lipinski definition) is 3. The summed E-state index contributed by atoms with van der Waals surface area (Å²) in [4.78, 5) is 0. The average Bonchev–Trinajstić information content (AvgIpc) is 2.85. The molecule has 2 fully saturated rings. The Morgan fingerprint density at radius 3 is 2.60 bits per heavy atom. The molecule has 2 heterocycles. The summed E-state index contributed by atoms with van der Waals surface area (Å²) in [6.45, 7) is 1.74. The monoisotopic (exact) mass is 284 g/mol. The fourth-order valence-corrected chi connectivity index (χ4v) is 3.22. The van der Waals surface area contributed by atoms with Crippen LogP contribution in [0.3, 0.4) is 0 Å². The predicted octanol–water partition coefficient (Wildman–Crippen LogP) is 2.58. The van der Waals surface area contributed by atoms with E-state index in [-0.39, 0.29) is 11.5 Å². The molecule has 20 heavy (non-hydrogen) atoms. The number of hydrogen-bond donors (Lipinski definition) is 1. The van der Waals surface area contributed by atoms with Gasteiger partial charge in [-0.3, -0.25) is 0 Å². The highest BCUT2D eigenvalue weighted by Gasteiger charge is 2.43. The smallest absolute Gasteiger partial charge is 0.126 e. The van der Waals surface area contributed by atoms with E-state index < -0.39 is 17.7 Å². The van der Waals surface area contributed by atoms with E-state index in [1.165, 1.54) is 12.1 Å². The van der Waals surface area contributed by atoms with Crippen LogP contribution in [0.5, 0.6) is 0 Å². The first-order valence-electron chi connectivity index (χ1n) is 6.94. The third-order valence-electron chi connectivity index (χ3n) is 4.27. The van der Waals surface area contributed by atoms with Gasteiger partial charge in [0.05, 0.1) is 18.3 Å². The molecule has 2 aliphatic heterocycles. The molecule has 0 aromatic heterocycles. The summed E-state index contributed by atoms with van der Waals surface area (Å²) in [6, 6.07) is 3.20. The average molecular weight is 284 g/mol. The van der Waals surface area contributed by atoms with Gasteiger partial charge in [-0.15, -0.1) is 0 Å². The van der Waals surface area contributed by atoms with Crippen molar-refractivity contribution >= 4 is 0 Å². The first kappa shape index (κ1) is 13.9. The lowest BCUT2D eigenvalue weighted by molar-refractivity contribution is -0.117. The molecule has 110 valence electrons. The summed E-state index contributed by atoms with van der Waals surface area (Å²) in [5.74, 6) is -1.39. The van der Waals surface area contributed by atoms with Crippen molar-refractivity contribution in [2.45, 2.75) is 31.0 Å². The van der Waals surface area contributed by atoms with Crippen LogP contribution in [0, 0.1) is 17.6 Å². The molecule has 1 spiro atoms. The Labute approximate surface area is 116 Å². The molecule has 3 nitrogen and oxygen atoms in total. The van der Waals surface area contributed by atoms with E-state index in [4.69, 9.17) is 9.47 Å². The minimum atomic E-state index is -0.874. The normalized spacial score (nSPS) is 31.6. The van der Waals surface area contributed by atoms with E-state index in [9.17, 15) is 13.9 Å². The fraction of sp³-hybridized carbons (Fsp3) is 0.600. The first-order chi connectivity index (χ1) is 9.58. The van der Waals surface area contributed by atoms with Crippen molar-refractivity contribution < 1.29 is 23.4 Å². The van der Waals surface area contributed by atoms with Gasteiger partial charge in [-0.05, 0) is 36.5 Å². The summed E-state index contributed by atoms with van der Waals surface area (Å²) in [5, 5.41) is 10.4. The molecule has 2 saturated heterocycles. The van der Waals surface area contributed by atoms with Gasteiger partial charge in [0.25, 0.3) is 0 Å². The van der Waals surface area contributed by atoms with Gasteiger partial charge in [-0.1, -0.05) is 0 Å². The van der Waals surface area contributed by atoms with Crippen LogP contribution in [-0.4, -0.2) is 30.5 Å². The highest BCUT2D eigenvalue weighted by molar-refractivity contribution is 5.21. The Bertz CT molecular complexity index is 466. The quantitative estimate of drug-likeness (QED) is 0.907. The molecule has 0 aliphatic carbocycles. The number of benzene rings is 1. The van der Waals surface area contributed by atoms with E-state index in [0.29, 0.717) is 38.2 Å². The van der Waals surface area contributed by atoms with Crippen molar-refractivity contribution in [1.82, 2.24) is 0 Å². The van der Waals surface area contributed by atoms with E-state index in [1.807, 2.05) is 0 Å². The number of rotatable bonds is 2. The highest BCUT2D eigenvalue weighted by atomic mass is 19.1. The van der Waals surface area contributed by atoms with E-state index >= 15 is 0 Å². The molecule has 5 heteroatoms. The van der Waals surface area contributed by atoms with Crippen LogP contribution in [0.25, 0.3) is 0 Å². The van der Waals surface area contributed by atoms with Crippen LogP contribution in [0.4, 0.5) is 8.78 Å². The third kappa shape index (κ3) is 2.71. The predicted molar refractivity (Wildman–Crippen MR) is 68.2 cm³/mol. The van der Waals surface area contributed by atoms with Crippen molar-refractivity contribution in [3.8, 4) is 0 Å². The van der Waals surface area contributed by atoms with Gasteiger partial charge < -0.3 is 14.6 Å². The molecule has 2 aliphatic rings. The lowest BCUT2D eigenvalue weighted by Crippen LogP contribution is -2.41. The lowest BCUT2D eigenvalue weighted by Gasteiger charge is -2.39. The van der Waals surface area contributed by atoms with Crippen LogP contribution in [0.1, 0.15) is 30.9 Å². The molecular weight excluding hydrogens is 266 g/mol. The second kappa shape index (κ2) is 5.39. The number of aliphatic hydroxyl groups is 1. The fourth-order valence-electron chi connectivity index (χ4n) is 3.22. The second-order valence-corrected chi connectivity index (χ2v) is 5.73. The maximum atomic E-state index is 13.3. The summed E-state index contributed by atoms with van der Waals surface area (Å²) < 4.78 is 37.7. The van der Waals surface area contributed by atoms with Gasteiger partial charge in [0.15, 0.2) is 0 Å². The van der Waals surface area contributed by atoms with E-state index in [2.05, 4.69) is 0 Å². The second-order valence-electron chi connectivity index (χ2n) is 5.73. The minimum absolute atomic E-state index is 0.0633. The molecule has 3 rings (SSSR count). The largest absolute Gasteiger partial charge is 0.388 e. The Morgan fingerprint density at radius 1 is 1.20 bits per heavy atom. The summed E-state index contributed by atoms with van der Waals surface area (Å²) in [7, 11) is 0. The third-order valence-corrected chi connectivity index (χ3v) is 4.27. The molecule has 0 bridgehead atoms. The summed E-state index contributed by atoms with van der Waals surface area (Å²) >= 11 is 0. The number of halogens is 2. The van der Waals surface area contributed by atoms with Crippen LogP contribution in [-0.2, 0) is 9.47 Å². The van der Waals surface area contributed by atoms with Gasteiger partial charge in [0, 0.05) is 25.7 Å². The molecular formula is C15H18F2O3. The van der Waals surface area contributed by atoms with E-state index in [1.54, 1.807) is 0 Å². The van der Waals surface area contributed by atoms with Crippen molar-refractivity contribution in [2.75, 3.05) is 19.8 Å². The van der Waals surface area contributed by atoms with Crippen LogP contribution in [0.15, 0.2) is 18.2 Å². The van der Waals surface area contributed by atoms with E-state index in [0.717, 1.165) is 12.5 Å². The standard InChI is InChI=1S/C15H18F2O3/c16-12-5-11(6-13(17)7-12)14(18)10-1-3-20-15(8-10)2-4-19-9-15/h5-7,10,14,18H,1-4,8-9H2. The van der Waals surface area contributed by atoms with Gasteiger partial charge >= 0.3 is 0 Å². The molecule has 1 N–H and O–H groups in total.